The summed E-state index contributed by atoms with van der Waals surface area (Å²) in [5, 5.41) is 5.91. The van der Waals surface area contributed by atoms with Crippen LogP contribution < -0.4 is 21.1 Å². The number of ether oxygens (including phenoxy) is 1. The molecule has 0 aliphatic carbocycles. The zero-order valence-corrected chi connectivity index (χ0v) is 17.0. The molecule has 2 amide bonds. The van der Waals surface area contributed by atoms with E-state index in [-0.39, 0.29) is 12.5 Å². The number of amides is 2. The molecule has 0 spiro atoms. The van der Waals surface area contributed by atoms with Crippen molar-refractivity contribution in [3.63, 3.8) is 0 Å². The summed E-state index contributed by atoms with van der Waals surface area (Å²) in [5.74, 6) is -3.05. The Labute approximate surface area is 181 Å². The largest absolute Gasteiger partial charge is 0.484 e. The van der Waals surface area contributed by atoms with Gasteiger partial charge in [-0.3, -0.25) is 9.59 Å². The van der Waals surface area contributed by atoms with Crippen LogP contribution in [-0.4, -0.2) is 24.2 Å². The molecule has 6 nitrogen and oxygen atoms in total. The second-order valence-corrected chi connectivity index (χ2v) is 7.37. The molecule has 3 aromatic carbocycles. The van der Waals surface area contributed by atoms with Crippen LogP contribution in [0.4, 0.5) is 25.8 Å². The first-order valence-electron chi connectivity index (χ1n) is 9.14. The van der Waals surface area contributed by atoms with E-state index in [2.05, 4.69) is 10.6 Å². The number of nitrogens with one attached hydrogen (secondary N) is 2. The third-order valence-electron chi connectivity index (χ3n) is 4.00. The van der Waals surface area contributed by atoms with Crippen molar-refractivity contribution in [3.05, 3.63) is 78.4 Å². The Bertz CT molecular complexity index is 1060. The Morgan fingerprint density at radius 2 is 1.71 bits per heavy atom. The highest BCUT2D eigenvalue weighted by molar-refractivity contribution is 7.99. The second kappa shape index (κ2) is 10.4. The number of hydrogen-bond acceptors (Lipinski definition) is 5. The number of thioether (sulfide) groups is 1. The molecular weight excluding hydrogens is 424 g/mol. The number of primary amides is 1. The lowest BCUT2D eigenvalue weighted by molar-refractivity contribution is -0.119. The summed E-state index contributed by atoms with van der Waals surface area (Å²) in [6.45, 7) is -0.265. The second-order valence-electron chi connectivity index (χ2n) is 6.31. The lowest BCUT2D eigenvalue weighted by Crippen LogP contribution is -2.20. The quantitative estimate of drug-likeness (QED) is 0.411. The average molecular weight is 443 g/mol. The fourth-order valence-corrected chi connectivity index (χ4v) is 3.18. The van der Waals surface area contributed by atoms with Gasteiger partial charge in [0.25, 0.3) is 17.6 Å². The normalized spacial score (nSPS) is 10.5. The lowest BCUT2D eigenvalue weighted by atomic mass is 10.1. The van der Waals surface area contributed by atoms with Crippen LogP contribution in [0.5, 0.6) is 5.75 Å². The Hall–Kier alpha value is -3.59. The molecule has 0 saturated heterocycles. The topological polar surface area (TPSA) is 93.5 Å². The molecule has 31 heavy (non-hydrogen) atoms. The molecule has 3 aromatic rings. The summed E-state index contributed by atoms with van der Waals surface area (Å²) in [4.78, 5) is 24.1. The minimum atomic E-state index is -2.48. The third-order valence-corrected chi connectivity index (χ3v) is 4.73. The first-order chi connectivity index (χ1) is 14.9. The van der Waals surface area contributed by atoms with Crippen LogP contribution in [0.2, 0.25) is 0 Å². The van der Waals surface area contributed by atoms with E-state index in [1.807, 2.05) is 0 Å². The van der Waals surface area contributed by atoms with Crippen LogP contribution in [0.25, 0.3) is 0 Å². The molecule has 3 rings (SSSR count). The van der Waals surface area contributed by atoms with E-state index in [1.54, 1.807) is 72.8 Å². The van der Waals surface area contributed by atoms with Gasteiger partial charge in [0.15, 0.2) is 6.61 Å². The van der Waals surface area contributed by atoms with Gasteiger partial charge in [-0.15, -0.1) is 0 Å². The van der Waals surface area contributed by atoms with E-state index in [1.165, 1.54) is 0 Å². The van der Waals surface area contributed by atoms with Crippen molar-refractivity contribution >= 4 is 40.6 Å². The summed E-state index contributed by atoms with van der Waals surface area (Å²) < 4.78 is 30.2. The van der Waals surface area contributed by atoms with Gasteiger partial charge in [0.05, 0.1) is 11.3 Å². The molecule has 9 heteroatoms. The fourth-order valence-electron chi connectivity index (χ4n) is 2.68. The number of halogens is 2. The van der Waals surface area contributed by atoms with Crippen LogP contribution in [0, 0.1) is 0 Å². The highest BCUT2D eigenvalue weighted by Gasteiger charge is 2.12. The van der Waals surface area contributed by atoms with Crippen molar-refractivity contribution in [3.8, 4) is 5.75 Å². The maximum atomic E-state index is 12.8. The minimum Gasteiger partial charge on any atom is -0.484 e. The molecule has 0 aromatic heterocycles. The molecule has 0 aliphatic rings. The smallest absolute Gasteiger partial charge is 0.288 e. The zero-order valence-electron chi connectivity index (χ0n) is 16.2. The number of hydrogen-bond donors (Lipinski definition) is 3. The molecule has 0 fully saturated rings. The number of anilines is 3. The number of nitrogens with two attached hydrogens (primary N) is 1. The van der Waals surface area contributed by atoms with E-state index in [4.69, 9.17) is 10.5 Å². The van der Waals surface area contributed by atoms with E-state index >= 15 is 0 Å². The van der Waals surface area contributed by atoms with Gasteiger partial charge in [-0.2, -0.15) is 8.78 Å². The van der Waals surface area contributed by atoms with Crippen LogP contribution in [0.15, 0.2) is 77.7 Å². The van der Waals surface area contributed by atoms with Gasteiger partial charge in [-0.25, -0.2) is 0 Å². The molecule has 0 heterocycles. The predicted octanol–water partition coefficient (Wildman–Crippen LogP) is 4.86. The monoisotopic (exact) mass is 443 g/mol. The zero-order chi connectivity index (χ0) is 22.2. The van der Waals surface area contributed by atoms with Crippen LogP contribution in [-0.2, 0) is 4.79 Å². The summed E-state index contributed by atoms with van der Waals surface area (Å²) in [7, 11) is 0. The molecule has 0 radical (unpaired) electrons. The SMILES string of the molecule is NC(=O)COc1cccc(NC(=O)c2ccccc2Nc2ccc(SC(F)F)cc2)c1. The molecule has 0 unspecified atom stereocenters. The highest BCUT2D eigenvalue weighted by Crippen LogP contribution is 2.28. The maximum Gasteiger partial charge on any atom is 0.288 e. The number of para-hydroxylation sites is 1. The van der Waals surface area contributed by atoms with Crippen molar-refractivity contribution in [2.45, 2.75) is 10.7 Å². The Kier molecular flexibility index (Phi) is 7.45. The number of carbonyl (C=O) groups is 2. The summed E-state index contributed by atoms with van der Waals surface area (Å²) in [6, 6.07) is 20.0. The number of carbonyl (C=O) groups excluding carboxylic acids is 2. The summed E-state index contributed by atoms with van der Waals surface area (Å²) >= 11 is 0.468. The van der Waals surface area contributed by atoms with Crippen molar-refractivity contribution in [2.75, 3.05) is 17.2 Å². The van der Waals surface area contributed by atoms with Crippen molar-refractivity contribution in [1.82, 2.24) is 0 Å². The van der Waals surface area contributed by atoms with Crippen molar-refractivity contribution in [2.24, 2.45) is 5.73 Å². The van der Waals surface area contributed by atoms with Crippen molar-refractivity contribution in [1.29, 1.82) is 0 Å². The maximum absolute atomic E-state index is 12.8. The number of benzene rings is 3. The number of rotatable bonds is 9. The molecular formula is C22H19F2N3O3S. The first kappa shape index (κ1) is 22.1. The van der Waals surface area contributed by atoms with Crippen molar-refractivity contribution < 1.29 is 23.1 Å². The minimum absolute atomic E-state index is 0.265. The van der Waals surface area contributed by atoms with Gasteiger partial charge in [0.2, 0.25) is 0 Å². The predicted molar refractivity (Wildman–Crippen MR) is 117 cm³/mol. The van der Waals surface area contributed by atoms with Crippen LogP contribution in [0.1, 0.15) is 10.4 Å². The highest BCUT2D eigenvalue weighted by atomic mass is 32.2. The molecule has 0 aliphatic heterocycles. The van der Waals surface area contributed by atoms with E-state index in [0.29, 0.717) is 45.0 Å². The van der Waals surface area contributed by atoms with Crippen LogP contribution >= 0.6 is 11.8 Å². The van der Waals surface area contributed by atoms with Gasteiger partial charge in [0.1, 0.15) is 5.75 Å². The average Bonchev–Trinajstić information content (AvgIpc) is 2.74. The van der Waals surface area contributed by atoms with Gasteiger partial charge in [-0.1, -0.05) is 30.0 Å². The number of alkyl halides is 2. The standard InChI is InChI=1S/C22H19F2N3O3S/c23-22(24)31-17-10-8-14(9-11-17)26-19-7-2-1-6-18(19)21(29)27-15-4-3-5-16(12-15)30-13-20(25)28/h1-12,22,26H,13H2,(H2,25,28)(H,27,29). The van der Waals surface area contributed by atoms with E-state index in [0.717, 1.165) is 0 Å². The van der Waals surface area contributed by atoms with E-state index < -0.39 is 11.7 Å². The molecule has 0 atom stereocenters. The Morgan fingerprint density at radius 3 is 2.42 bits per heavy atom. The lowest BCUT2D eigenvalue weighted by Gasteiger charge is -2.13. The van der Waals surface area contributed by atoms with Gasteiger partial charge < -0.3 is 21.1 Å². The van der Waals surface area contributed by atoms with Gasteiger partial charge >= 0.3 is 0 Å². The Morgan fingerprint density at radius 1 is 0.968 bits per heavy atom. The molecule has 0 saturated carbocycles. The Balaban J connectivity index is 1.72. The van der Waals surface area contributed by atoms with E-state index in [9.17, 15) is 18.4 Å². The third kappa shape index (κ3) is 6.71. The molecule has 0 bridgehead atoms. The van der Waals surface area contributed by atoms with Gasteiger partial charge in [0, 0.05) is 22.3 Å². The van der Waals surface area contributed by atoms with Crippen LogP contribution in [0.3, 0.4) is 0 Å². The van der Waals surface area contributed by atoms with Gasteiger partial charge in [-0.05, 0) is 48.5 Å². The molecule has 4 N–H and O–H groups in total. The summed E-state index contributed by atoms with van der Waals surface area (Å²) in [6.07, 6.45) is 0. The summed E-state index contributed by atoms with van der Waals surface area (Å²) in [5.41, 5.74) is 7.14. The first-order valence-corrected chi connectivity index (χ1v) is 10.0. The fraction of sp³-hybridized carbons (Fsp3) is 0.0909. The molecule has 160 valence electrons.